The summed E-state index contributed by atoms with van der Waals surface area (Å²) in [4.78, 5) is 0. The van der Waals surface area contributed by atoms with E-state index in [1.54, 1.807) is 13.8 Å². The van der Waals surface area contributed by atoms with Gasteiger partial charge in [-0.05, 0) is 11.6 Å². The van der Waals surface area contributed by atoms with Crippen LogP contribution in [-0.4, -0.2) is 12.7 Å². The molecule has 0 aliphatic carbocycles. The molecule has 0 aliphatic heterocycles. The molecule has 2 N–H and O–H groups in total. The first-order valence-corrected chi connectivity index (χ1v) is 5.28. The highest BCUT2D eigenvalue weighted by molar-refractivity contribution is 5.32. The zero-order valence-electron chi connectivity index (χ0n) is 9.98. The number of hydrogen-bond donors (Lipinski definition) is 1. The quantitative estimate of drug-likeness (QED) is 0.832. The number of hydrogen-bond acceptors (Lipinski definition) is 1. The molecule has 1 nitrogen and oxygen atoms in total. The number of nitrogens with two attached hydrogens (primary N) is 1. The van der Waals surface area contributed by atoms with E-state index in [0.717, 1.165) is 12.1 Å². The molecule has 0 amide bonds. The molecule has 0 unspecified atom stereocenters. The fraction of sp³-hybridized carbons (Fsp3) is 0.500. The first-order valence-electron chi connectivity index (χ1n) is 5.28. The van der Waals surface area contributed by atoms with Gasteiger partial charge in [0.1, 0.15) is 0 Å². The Morgan fingerprint density at radius 2 is 1.50 bits per heavy atom. The van der Waals surface area contributed by atoms with Gasteiger partial charge in [-0.1, -0.05) is 32.0 Å². The number of benzene rings is 1. The van der Waals surface area contributed by atoms with Gasteiger partial charge in [-0.2, -0.15) is 22.0 Å². The SMILES string of the molecule is CC(C)(CN)c1cccc(C(F)(F)C(F)(F)F)c1. The Labute approximate surface area is 102 Å². The van der Waals surface area contributed by atoms with Gasteiger partial charge >= 0.3 is 12.1 Å². The summed E-state index contributed by atoms with van der Waals surface area (Å²) in [6.07, 6.45) is -5.60. The van der Waals surface area contributed by atoms with E-state index in [-0.39, 0.29) is 6.54 Å². The minimum absolute atomic E-state index is 0.147. The van der Waals surface area contributed by atoms with Crippen molar-refractivity contribution in [1.82, 2.24) is 0 Å². The summed E-state index contributed by atoms with van der Waals surface area (Å²) < 4.78 is 63.1. The van der Waals surface area contributed by atoms with Gasteiger partial charge in [0.15, 0.2) is 0 Å². The zero-order chi connectivity index (χ0) is 14.2. The summed E-state index contributed by atoms with van der Waals surface area (Å²) in [5, 5.41) is 0. The summed E-state index contributed by atoms with van der Waals surface area (Å²) in [5.41, 5.74) is 4.11. The third kappa shape index (κ3) is 2.63. The molecule has 0 atom stereocenters. The van der Waals surface area contributed by atoms with Gasteiger partial charge in [0.2, 0.25) is 0 Å². The molecule has 0 spiro atoms. The van der Waals surface area contributed by atoms with Crippen LogP contribution >= 0.6 is 0 Å². The molecule has 0 fully saturated rings. The van der Waals surface area contributed by atoms with Crippen LogP contribution in [0.2, 0.25) is 0 Å². The Bertz CT molecular complexity index is 423. The van der Waals surface area contributed by atoms with E-state index < -0.39 is 23.1 Å². The molecule has 0 aliphatic rings. The van der Waals surface area contributed by atoms with Crippen LogP contribution in [0.15, 0.2) is 24.3 Å². The lowest BCUT2D eigenvalue weighted by Gasteiger charge is -2.26. The lowest BCUT2D eigenvalue weighted by molar-refractivity contribution is -0.289. The van der Waals surface area contributed by atoms with Gasteiger partial charge in [-0.25, -0.2) is 0 Å². The van der Waals surface area contributed by atoms with Crippen LogP contribution < -0.4 is 5.73 Å². The van der Waals surface area contributed by atoms with Crippen molar-refractivity contribution >= 4 is 0 Å². The third-order valence-electron chi connectivity index (χ3n) is 2.87. The molecule has 1 aromatic carbocycles. The van der Waals surface area contributed by atoms with Crippen LogP contribution in [0.4, 0.5) is 22.0 Å². The van der Waals surface area contributed by atoms with Crippen molar-refractivity contribution in [1.29, 1.82) is 0 Å². The highest BCUT2D eigenvalue weighted by Crippen LogP contribution is 2.44. The van der Waals surface area contributed by atoms with Gasteiger partial charge in [-0.15, -0.1) is 0 Å². The van der Waals surface area contributed by atoms with Crippen molar-refractivity contribution in [2.24, 2.45) is 5.73 Å². The lowest BCUT2D eigenvalue weighted by Crippen LogP contribution is -2.34. The van der Waals surface area contributed by atoms with E-state index in [2.05, 4.69) is 0 Å². The maximum atomic E-state index is 13.2. The standard InChI is InChI=1S/C12H14F5N/c1-10(2,7-18)8-4-3-5-9(6-8)11(13,14)12(15,16)17/h3-6H,7,18H2,1-2H3. The van der Waals surface area contributed by atoms with Gasteiger partial charge in [0.05, 0.1) is 0 Å². The predicted molar refractivity (Wildman–Crippen MR) is 58.5 cm³/mol. The number of rotatable bonds is 3. The Morgan fingerprint density at radius 3 is 1.94 bits per heavy atom. The average Bonchev–Trinajstić information content (AvgIpc) is 2.27. The fourth-order valence-corrected chi connectivity index (χ4v) is 1.42. The molecular weight excluding hydrogens is 253 g/mol. The molecule has 0 aromatic heterocycles. The molecule has 0 saturated heterocycles. The first kappa shape index (κ1) is 14.9. The second kappa shape index (κ2) is 4.50. The Kier molecular flexibility index (Phi) is 3.72. The Balaban J connectivity index is 3.26. The molecule has 0 saturated carbocycles. The maximum Gasteiger partial charge on any atom is 0.458 e. The summed E-state index contributed by atoms with van der Waals surface area (Å²) in [5.74, 6) is -4.85. The van der Waals surface area contributed by atoms with Crippen LogP contribution in [0.5, 0.6) is 0 Å². The van der Waals surface area contributed by atoms with Crippen molar-refractivity contribution in [3.63, 3.8) is 0 Å². The molecule has 0 bridgehead atoms. The summed E-state index contributed by atoms with van der Waals surface area (Å²) in [6, 6.07) is 4.30. The molecule has 18 heavy (non-hydrogen) atoms. The second-order valence-corrected chi connectivity index (χ2v) is 4.74. The smallest absolute Gasteiger partial charge is 0.330 e. The van der Waals surface area contributed by atoms with Crippen molar-refractivity contribution in [3.05, 3.63) is 35.4 Å². The van der Waals surface area contributed by atoms with Crippen molar-refractivity contribution in [2.75, 3.05) is 6.54 Å². The van der Waals surface area contributed by atoms with Gasteiger partial charge < -0.3 is 5.73 Å². The number of halogens is 5. The zero-order valence-corrected chi connectivity index (χ0v) is 9.98. The second-order valence-electron chi connectivity index (χ2n) is 4.74. The summed E-state index contributed by atoms with van der Waals surface area (Å²) in [7, 11) is 0. The lowest BCUT2D eigenvalue weighted by atomic mass is 9.83. The van der Waals surface area contributed by atoms with Crippen LogP contribution in [0.3, 0.4) is 0 Å². The van der Waals surface area contributed by atoms with Crippen LogP contribution in [0, 0.1) is 0 Å². The normalized spacial score (nSPS) is 13.8. The molecule has 1 rings (SSSR count). The van der Waals surface area contributed by atoms with Crippen LogP contribution in [-0.2, 0) is 11.3 Å². The van der Waals surface area contributed by atoms with E-state index in [4.69, 9.17) is 5.73 Å². The molecule has 0 heterocycles. The van der Waals surface area contributed by atoms with Crippen molar-refractivity contribution in [3.8, 4) is 0 Å². The maximum absolute atomic E-state index is 13.2. The van der Waals surface area contributed by atoms with Crippen LogP contribution in [0.25, 0.3) is 0 Å². The highest BCUT2D eigenvalue weighted by Gasteiger charge is 2.58. The van der Waals surface area contributed by atoms with Crippen molar-refractivity contribution < 1.29 is 22.0 Å². The van der Waals surface area contributed by atoms with Crippen LogP contribution in [0.1, 0.15) is 25.0 Å². The number of alkyl halides is 5. The van der Waals surface area contributed by atoms with Gasteiger partial charge in [0, 0.05) is 17.5 Å². The monoisotopic (exact) mass is 267 g/mol. The fourth-order valence-electron chi connectivity index (χ4n) is 1.42. The molecule has 1 aromatic rings. The average molecular weight is 267 g/mol. The minimum Gasteiger partial charge on any atom is -0.330 e. The first-order chi connectivity index (χ1) is 8.02. The Morgan fingerprint density at radius 1 is 1.00 bits per heavy atom. The highest BCUT2D eigenvalue weighted by atomic mass is 19.4. The van der Waals surface area contributed by atoms with E-state index >= 15 is 0 Å². The van der Waals surface area contributed by atoms with Gasteiger partial charge in [0.25, 0.3) is 0 Å². The molecule has 102 valence electrons. The third-order valence-corrected chi connectivity index (χ3v) is 2.87. The van der Waals surface area contributed by atoms with E-state index in [0.29, 0.717) is 5.56 Å². The molecular formula is C12H14F5N. The van der Waals surface area contributed by atoms with E-state index in [9.17, 15) is 22.0 Å². The topological polar surface area (TPSA) is 26.0 Å². The molecule has 6 heteroatoms. The molecule has 0 radical (unpaired) electrons. The Hall–Kier alpha value is -1.17. The van der Waals surface area contributed by atoms with Crippen molar-refractivity contribution in [2.45, 2.75) is 31.4 Å². The van der Waals surface area contributed by atoms with E-state index in [1.807, 2.05) is 0 Å². The predicted octanol–water partition coefficient (Wildman–Crippen LogP) is 3.58. The van der Waals surface area contributed by atoms with Gasteiger partial charge in [-0.3, -0.25) is 0 Å². The summed E-state index contributed by atoms with van der Waals surface area (Å²) >= 11 is 0. The van der Waals surface area contributed by atoms with E-state index in [1.165, 1.54) is 12.1 Å². The largest absolute Gasteiger partial charge is 0.458 e. The summed E-state index contributed by atoms with van der Waals surface area (Å²) in [6.45, 7) is 3.50. The minimum atomic E-state index is -5.60.